The molecule has 0 aromatic carbocycles. The Balaban J connectivity index is 3.53. The molecular weight excluding hydrogens is 270 g/mol. The Hall–Kier alpha value is -0.0800. The van der Waals surface area contributed by atoms with Crippen LogP contribution < -0.4 is 5.73 Å². The average molecular weight is 314 g/mol. The van der Waals surface area contributed by atoms with Gasteiger partial charge in [-0.1, -0.05) is 104 Å². The molecule has 2 nitrogen and oxygen atoms in total. The maximum absolute atomic E-state index is 10.6. The molecule has 3 N–H and O–H groups in total. The third-order valence-corrected chi connectivity index (χ3v) is 4.87. The summed E-state index contributed by atoms with van der Waals surface area (Å²) in [6.07, 6.45) is 20.0. The second-order valence-corrected chi connectivity index (χ2v) is 7.17. The highest BCUT2D eigenvalue weighted by molar-refractivity contribution is 4.79. The number of aliphatic hydroxyl groups is 1. The van der Waals surface area contributed by atoms with Crippen molar-refractivity contribution in [1.29, 1.82) is 0 Å². The molecule has 0 saturated carbocycles. The minimum absolute atomic E-state index is 0.429. The van der Waals surface area contributed by atoms with Crippen LogP contribution in [0.25, 0.3) is 0 Å². The Labute approximate surface area is 140 Å². The van der Waals surface area contributed by atoms with Crippen molar-refractivity contribution < 1.29 is 5.11 Å². The summed E-state index contributed by atoms with van der Waals surface area (Å²) in [6.45, 7) is 4.94. The van der Waals surface area contributed by atoms with Crippen LogP contribution in [0.4, 0.5) is 0 Å². The van der Waals surface area contributed by atoms with Gasteiger partial charge in [-0.3, -0.25) is 0 Å². The van der Waals surface area contributed by atoms with E-state index in [0.717, 1.165) is 25.7 Å². The maximum atomic E-state index is 10.6. The van der Waals surface area contributed by atoms with Gasteiger partial charge in [-0.25, -0.2) is 0 Å². The van der Waals surface area contributed by atoms with E-state index in [-0.39, 0.29) is 0 Å². The lowest BCUT2D eigenvalue weighted by Gasteiger charge is -2.26. The van der Waals surface area contributed by atoms with Gasteiger partial charge in [0.1, 0.15) is 0 Å². The monoisotopic (exact) mass is 313 g/mol. The van der Waals surface area contributed by atoms with Crippen molar-refractivity contribution in [3.05, 3.63) is 0 Å². The van der Waals surface area contributed by atoms with Crippen LogP contribution in [0.2, 0.25) is 0 Å². The third kappa shape index (κ3) is 13.6. The molecule has 0 aliphatic heterocycles. The lowest BCUT2D eigenvalue weighted by molar-refractivity contribution is 0.0264. The summed E-state index contributed by atoms with van der Waals surface area (Å²) in [5.74, 6) is 0. The molecule has 1 unspecified atom stereocenters. The standard InChI is InChI=1S/C20H43NO/c1-3-5-7-9-11-12-14-16-18-20(22,19-21)17-15-13-10-8-6-4-2/h22H,3-19,21H2,1-2H3. The predicted molar refractivity (Wildman–Crippen MR) is 99.2 cm³/mol. The van der Waals surface area contributed by atoms with E-state index in [1.54, 1.807) is 0 Å². The van der Waals surface area contributed by atoms with E-state index in [4.69, 9.17) is 5.73 Å². The normalized spacial score (nSPS) is 14.2. The van der Waals surface area contributed by atoms with Crippen LogP contribution in [0.3, 0.4) is 0 Å². The van der Waals surface area contributed by atoms with Crippen molar-refractivity contribution in [3.8, 4) is 0 Å². The van der Waals surface area contributed by atoms with E-state index in [2.05, 4.69) is 13.8 Å². The largest absolute Gasteiger partial charge is 0.389 e. The molecule has 0 saturated heterocycles. The molecule has 0 heterocycles. The van der Waals surface area contributed by atoms with Crippen molar-refractivity contribution in [1.82, 2.24) is 0 Å². The summed E-state index contributed by atoms with van der Waals surface area (Å²) in [7, 11) is 0. The van der Waals surface area contributed by atoms with Gasteiger partial charge in [0.05, 0.1) is 5.60 Å². The highest BCUT2D eigenvalue weighted by Gasteiger charge is 2.23. The van der Waals surface area contributed by atoms with Crippen LogP contribution >= 0.6 is 0 Å². The van der Waals surface area contributed by atoms with Crippen LogP contribution in [0.1, 0.15) is 117 Å². The zero-order chi connectivity index (χ0) is 16.5. The Bertz CT molecular complexity index is 220. The van der Waals surface area contributed by atoms with Crippen molar-refractivity contribution in [2.24, 2.45) is 5.73 Å². The van der Waals surface area contributed by atoms with Gasteiger partial charge in [0.2, 0.25) is 0 Å². The number of hydrogen-bond donors (Lipinski definition) is 2. The second-order valence-electron chi connectivity index (χ2n) is 7.17. The van der Waals surface area contributed by atoms with Crippen LogP contribution in [-0.2, 0) is 0 Å². The van der Waals surface area contributed by atoms with E-state index in [9.17, 15) is 5.11 Å². The molecule has 0 rings (SSSR count). The fourth-order valence-electron chi connectivity index (χ4n) is 3.15. The summed E-state index contributed by atoms with van der Waals surface area (Å²) in [4.78, 5) is 0. The molecule has 0 bridgehead atoms. The molecule has 0 aliphatic rings. The summed E-state index contributed by atoms with van der Waals surface area (Å²) in [5, 5.41) is 10.6. The SMILES string of the molecule is CCCCCCCCCCC(O)(CN)CCCCCCCC. The summed E-state index contributed by atoms with van der Waals surface area (Å²) < 4.78 is 0. The van der Waals surface area contributed by atoms with Gasteiger partial charge in [-0.05, 0) is 12.8 Å². The zero-order valence-corrected chi connectivity index (χ0v) is 15.5. The lowest BCUT2D eigenvalue weighted by atomic mass is 9.89. The third-order valence-electron chi connectivity index (χ3n) is 4.87. The first kappa shape index (κ1) is 21.9. The van der Waals surface area contributed by atoms with Crippen molar-refractivity contribution in [2.45, 2.75) is 122 Å². The minimum Gasteiger partial charge on any atom is -0.389 e. The Morgan fingerprint density at radius 1 is 0.591 bits per heavy atom. The van der Waals surface area contributed by atoms with Crippen molar-refractivity contribution >= 4 is 0 Å². The number of rotatable bonds is 17. The molecule has 0 aromatic rings. The fraction of sp³-hybridized carbons (Fsp3) is 1.00. The van der Waals surface area contributed by atoms with Gasteiger partial charge < -0.3 is 10.8 Å². The Morgan fingerprint density at radius 3 is 1.23 bits per heavy atom. The Kier molecular flexibility index (Phi) is 15.7. The second kappa shape index (κ2) is 15.8. The molecule has 134 valence electrons. The smallest absolute Gasteiger partial charge is 0.0769 e. The van der Waals surface area contributed by atoms with E-state index >= 15 is 0 Å². The molecule has 0 aromatic heterocycles. The quantitative estimate of drug-likeness (QED) is 0.325. The van der Waals surface area contributed by atoms with E-state index in [0.29, 0.717) is 6.54 Å². The number of nitrogens with two attached hydrogens (primary N) is 1. The highest BCUT2D eigenvalue weighted by atomic mass is 16.3. The molecule has 1 atom stereocenters. The summed E-state index contributed by atoms with van der Waals surface area (Å²) >= 11 is 0. The summed E-state index contributed by atoms with van der Waals surface area (Å²) in [5.41, 5.74) is 5.22. The van der Waals surface area contributed by atoms with E-state index in [1.807, 2.05) is 0 Å². The molecule has 2 heteroatoms. The minimum atomic E-state index is -0.590. The first-order chi connectivity index (χ1) is 10.7. The first-order valence-corrected chi connectivity index (χ1v) is 10.1. The molecule has 0 amide bonds. The molecule has 0 aliphatic carbocycles. The van der Waals surface area contributed by atoms with Gasteiger partial charge in [-0.15, -0.1) is 0 Å². The van der Waals surface area contributed by atoms with Gasteiger partial charge in [0.15, 0.2) is 0 Å². The summed E-state index contributed by atoms with van der Waals surface area (Å²) in [6, 6.07) is 0. The molecule has 22 heavy (non-hydrogen) atoms. The molecule has 0 fully saturated rings. The van der Waals surface area contributed by atoms with Crippen LogP contribution in [-0.4, -0.2) is 17.3 Å². The van der Waals surface area contributed by atoms with E-state index < -0.39 is 5.60 Å². The topological polar surface area (TPSA) is 46.2 Å². The average Bonchev–Trinajstić information content (AvgIpc) is 2.53. The van der Waals surface area contributed by atoms with E-state index in [1.165, 1.54) is 77.0 Å². The molecular formula is C20H43NO. The van der Waals surface area contributed by atoms with Crippen LogP contribution in [0.5, 0.6) is 0 Å². The van der Waals surface area contributed by atoms with Crippen molar-refractivity contribution in [2.75, 3.05) is 6.54 Å². The fourth-order valence-corrected chi connectivity index (χ4v) is 3.15. The van der Waals surface area contributed by atoms with Gasteiger partial charge in [0.25, 0.3) is 0 Å². The maximum Gasteiger partial charge on any atom is 0.0769 e. The lowest BCUT2D eigenvalue weighted by Crippen LogP contribution is -2.37. The Morgan fingerprint density at radius 2 is 0.909 bits per heavy atom. The van der Waals surface area contributed by atoms with Gasteiger partial charge in [0, 0.05) is 6.54 Å². The molecule has 0 spiro atoms. The zero-order valence-electron chi connectivity index (χ0n) is 15.5. The highest BCUT2D eigenvalue weighted by Crippen LogP contribution is 2.22. The van der Waals surface area contributed by atoms with Gasteiger partial charge >= 0.3 is 0 Å². The van der Waals surface area contributed by atoms with Crippen LogP contribution in [0.15, 0.2) is 0 Å². The number of hydrogen-bond acceptors (Lipinski definition) is 2. The van der Waals surface area contributed by atoms with Crippen LogP contribution in [0, 0.1) is 0 Å². The van der Waals surface area contributed by atoms with Gasteiger partial charge in [-0.2, -0.15) is 0 Å². The predicted octanol–water partition coefficient (Wildman–Crippen LogP) is 5.96. The van der Waals surface area contributed by atoms with Crippen molar-refractivity contribution in [3.63, 3.8) is 0 Å². The molecule has 0 radical (unpaired) electrons. The first-order valence-electron chi connectivity index (χ1n) is 10.1. The number of unbranched alkanes of at least 4 members (excludes halogenated alkanes) is 12.